The Bertz CT molecular complexity index is 421. The van der Waals surface area contributed by atoms with E-state index in [9.17, 15) is 26.7 Å². The minimum atomic E-state index is -5.75. The van der Waals surface area contributed by atoms with Gasteiger partial charge in [0.15, 0.2) is 5.78 Å². The number of halogens is 5. The lowest BCUT2D eigenvalue weighted by Gasteiger charge is -2.17. The van der Waals surface area contributed by atoms with E-state index in [1.165, 1.54) is 0 Å². The zero-order valence-corrected chi connectivity index (χ0v) is 8.55. The Hall–Kier alpha value is -1.18. The molecule has 0 unspecified atom stereocenters. The zero-order valence-electron chi connectivity index (χ0n) is 7.73. The van der Waals surface area contributed by atoms with Gasteiger partial charge in [0.05, 0.1) is 4.88 Å². The second-order valence-electron chi connectivity index (χ2n) is 2.95. The van der Waals surface area contributed by atoms with Crippen molar-refractivity contribution in [3.05, 3.63) is 15.8 Å². The van der Waals surface area contributed by atoms with Crippen LogP contribution in [0.1, 0.15) is 21.5 Å². The van der Waals surface area contributed by atoms with Gasteiger partial charge in [-0.05, 0) is 0 Å². The number of hydrogen-bond donors (Lipinski definition) is 1. The monoisotopic (exact) mass is 260 g/mol. The van der Waals surface area contributed by atoms with Crippen LogP contribution in [0.2, 0.25) is 0 Å². The van der Waals surface area contributed by atoms with Crippen molar-refractivity contribution < 1.29 is 31.9 Å². The van der Waals surface area contributed by atoms with Crippen LogP contribution in [-0.4, -0.2) is 17.1 Å². The Morgan fingerprint density at radius 3 is 2.12 bits per heavy atom. The van der Waals surface area contributed by atoms with Gasteiger partial charge in [-0.25, -0.2) is 0 Å². The van der Waals surface area contributed by atoms with Crippen LogP contribution in [0.15, 0.2) is 6.07 Å². The third-order valence-electron chi connectivity index (χ3n) is 1.70. The molecule has 1 aromatic rings. The van der Waals surface area contributed by atoms with E-state index in [2.05, 4.69) is 0 Å². The van der Waals surface area contributed by atoms with Crippen molar-refractivity contribution in [2.45, 2.75) is 19.0 Å². The van der Waals surface area contributed by atoms with Crippen LogP contribution in [0.4, 0.5) is 22.0 Å². The highest BCUT2D eigenvalue weighted by molar-refractivity contribution is 7.14. The maximum absolute atomic E-state index is 12.8. The molecule has 0 aliphatic heterocycles. The van der Waals surface area contributed by atoms with Crippen molar-refractivity contribution in [2.75, 3.05) is 0 Å². The molecule has 1 aromatic heterocycles. The molecule has 90 valence electrons. The maximum Gasteiger partial charge on any atom is 0.458 e. The Morgan fingerprint density at radius 1 is 1.31 bits per heavy atom. The standard InChI is InChI=1S/C8H5F5O2S/c1-3(14)6-4(15)2-5(16-6)7(9,10)8(11,12)13/h2,15H,1H3. The molecule has 1 heterocycles. The van der Waals surface area contributed by atoms with Crippen LogP contribution in [0, 0.1) is 0 Å². The van der Waals surface area contributed by atoms with E-state index in [0.717, 1.165) is 6.92 Å². The van der Waals surface area contributed by atoms with Crippen molar-refractivity contribution in [1.82, 2.24) is 0 Å². The van der Waals surface area contributed by atoms with Crippen LogP contribution in [0.25, 0.3) is 0 Å². The SMILES string of the molecule is CC(=O)c1sc(C(F)(F)C(F)(F)F)cc1O. The lowest BCUT2D eigenvalue weighted by molar-refractivity contribution is -0.287. The fourth-order valence-electron chi connectivity index (χ4n) is 0.928. The molecule has 16 heavy (non-hydrogen) atoms. The molecule has 1 N–H and O–H groups in total. The summed E-state index contributed by atoms with van der Waals surface area (Å²) in [7, 11) is 0. The Morgan fingerprint density at radius 2 is 1.81 bits per heavy atom. The fourth-order valence-corrected chi connectivity index (χ4v) is 1.87. The predicted octanol–water partition coefficient (Wildman–Crippen LogP) is 3.31. The molecule has 0 amide bonds. The van der Waals surface area contributed by atoms with Gasteiger partial charge in [0.1, 0.15) is 10.6 Å². The molecule has 0 spiro atoms. The minimum absolute atomic E-state index is 0.0681. The second-order valence-corrected chi connectivity index (χ2v) is 4.01. The highest BCUT2D eigenvalue weighted by Gasteiger charge is 2.60. The van der Waals surface area contributed by atoms with Crippen LogP contribution in [-0.2, 0) is 5.92 Å². The highest BCUT2D eigenvalue weighted by atomic mass is 32.1. The number of rotatable bonds is 2. The van der Waals surface area contributed by atoms with E-state index >= 15 is 0 Å². The summed E-state index contributed by atoms with van der Waals surface area (Å²) >= 11 is -0.0681. The average molecular weight is 260 g/mol. The summed E-state index contributed by atoms with van der Waals surface area (Å²) in [4.78, 5) is 8.87. The third-order valence-corrected chi connectivity index (χ3v) is 2.99. The van der Waals surface area contributed by atoms with E-state index in [0.29, 0.717) is 0 Å². The molecule has 0 fully saturated rings. The predicted molar refractivity (Wildman–Crippen MR) is 45.9 cm³/mol. The molecule has 1 rings (SSSR count). The van der Waals surface area contributed by atoms with E-state index in [1.807, 2.05) is 0 Å². The lowest BCUT2D eigenvalue weighted by atomic mass is 10.2. The quantitative estimate of drug-likeness (QED) is 0.654. The van der Waals surface area contributed by atoms with Crippen LogP contribution in [0.5, 0.6) is 5.75 Å². The Balaban J connectivity index is 3.26. The average Bonchev–Trinajstić information content (AvgIpc) is 2.45. The zero-order chi connectivity index (χ0) is 12.7. The molecule has 0 saturated carbocycles. The highest BCUT2D eigenvalue weighted by Crippen LogP contribution is 2.48. The molecule has 0 radical (unpaired) electrons. The Labute approximate surface area is 90.3 Å². The van der Waals surface area contributed by atoms with Crippen LogP contribution < -0.4 is 0 Å². The van der Waals surface area contributed by atoms with Crippen molar-refractivity contribution in [3.63, 3.8) is 0 Å². The third kappa shape index (κ3) is 2.01. The summed E-state index contributed by atoms with van der Waals surface area (Å²) in [6.07, 6.45) is -5.75. The first-order valence-corrected chi connectivity index (χ1v) is 4.67. The number of carbonyl (C=O) groups excluding carboxylic acids is 1. The molecule has 0 atom stereocenters. The number of Topliss-reactive ketones (excluding diaryl/α,β-unsaturated/α-hetero) is 1. The lowest BCUT2D eigenvalue weighted by Crippen LogP contribution is -2.32. The fraction of sp³-hybridized carbons (Fsp3) is 0.375. The number of ketones is 1. The van der Waals surface area contributed by atoms with E-state index in [4.69, 9.17) is 5.11 Å². The van der Waals surface area contributed by atoms with E-state index in [1.54, 1.807) is 0 Å². The first-order valence-electron chi connectivity index (χ1n) is 3.86. The molecule has 0 aliphatic carbocycles. The summed E-state index contributed by atoms with van der Waals surface area (Å²) in [6.45, 7) is 0.959. The molecule has 0 aromatic carbocycles. The minimum Gasteiger partial charge on any atom is -0.506 e. The summed E-state index contributed by atoms with van der Waals surface area (Å²) in [5.41, 5.74) is 0. The summed E-state index contributed by atoms with van der Waals surface area (Å²) in [6, 6.07) is 0.259. The number of alkyl halides is 5. The molecular formula is C8H5F5O2S. The van der Waals surface area contributed by atoms with Crippen molar-refractivity contribution >= 4 is 17.1 Å². The molecule has 0 aliphatic rings. The van der Waals surface area contributed by atoms with Gasteiger partial charge in [-0.15, -0.1) is 11.3 Å². The van der Waals surface area contributed by atoms with Gasteiger partial charge in [0.2, 0.25) is 0 Å². The van der Waals surface area contributed by atoms with Crippen LogP contribution in [0.3, 0.4) is 0 Å². The van der Waals surface area contributed by atoms with Crippen molar-refractivity contribution in [1.29, 1.82) is 0 Å². The number of hydrogen-bond acceptors (Lipinski definition) is 3. The van der Waals surface area contributed by atoms with Gasteiger partial charge in [0.25, 0.3) is 0 Å². The summed E-state index contributed by atoms with van der Waals surface area (Å²) in [5.74, 6) is -6.70. The second kappa shape index (κ2) is 3.69. The molecular weight excluding hydrogens is 255 g/mol. The maximum atomic E-state index is 12.8. The normalized spacial score (nSPS) is 12.9. The van der Waals surface area contributed by atoms with Gasteiger partial charge in [-0.2, -0.15) is 22.0 Å². The number of carbonyl (C=O) groups is 1. The number of thiophene rings is 1. The first-order chi connectivity index (χ1) is 7.07. The van der Waals surface area contributed by atoms with Crippen LogP contribution >= 0.6 is 11.3 Å². The molecule has 8 heteroatoms. The van der Waals surface area contributed by atoms with Gasteiger partial charge in [-0.1, -0.05) is 0 Å². The molecule has 0 saturated heterocycles. The van der Waals surface area contributed by atoms with Gasteiger partial charge < -0.3 is 5.11 Å². The van der Waals surface area contributed by atoms with Gasteiger partial charge in [0, 0.05) is 13.0 Å². The number of aromatic hydroxyl groups is 1. The molecule has 2 nitrogen and oxygen atoms in total. The largest absolute Gasteiger partial charge is 0.506 e. The van der Waals surface area contributed by atoms with Gasteiger partial charge in [-0.3, -0.25) is 4.79 Å². The molecule has 0 bridgehead atoms. The smallest absolute Gasteiger partial charge is 0.458 e. The summed E-state index contributed by atoms with van der Waals surface area (Å²) in [5, 5.41) is 9.02. The topological polar surface area (TPSA) is 37.3 Å². The Kier molecular flexibility index (Phi) is 2.97. The van der Waals surface area contributed by atoms with Gasteiger partial charge >= 0.3 is 12.1 Å². The van der Waals surface area contributed by atoms with Crippen molar-refractivity contribution in [2.24, 2.45) is 0 Å². The van der Waals surface area contributed by atoms with Crippen molar-refractivity contribution in [3.8, 4) is 5.75 Å². The first kappa shape index (κ1) is 12.9. The van der Waals surface area contributed by atoms with E-state index < -0.39 is 33.4 Å². The van der Waals surface area contributed by atoms with E-state index in [-0.39, 0.29) is 17.4 Å². The summed E-state index contributed by atoms with van der Waals surface area (Å²) < 4.78 is 61.4.